The first-order chi connectivity index (χ1) is 18.7. The van der Waals surface area contributed by atoms with E-state index in [0.29, 0.717) is 35.1 Å². The number of benzene rings is 2. The molecule has 2 fully saturated rings. The lowest BCUT2D eigenvalue weighted by Crippen LogP contribution is -2.26. The molecular weight excluding hydrogens is 531 g/mol. The second kappa shape index (κ2) is 11.1. The van der Waals surface area contributed by atoms with Gasteiger partial charge in [-0.2, -0.15) is 18.3 Å². The Morgan fingerprint density at radius 2 is 2.05 bits per heavy atom. The van der Waals surface area contributed by atoms with Crippen LogP contribution < -0.4 is 10.1 Å². The number of ether oxygens (including phenoxy) is 1. The van der Waals surface area contributed by atoms with E-state index in [2.05, 4.69) is 15.4 Å². The first-order valence-corrected chi connectivity index (χ1v) is 13.3. The normalized spacial score (nSPS) is 18.1. The highest BCUT2D eigenvalue weighted by Crippen LogP contribution is 2.35. The Kier molecular flexibility index (Phi) is 7.65. The minimum absolute atomic E-state index is 0.0627. The smallest absolute Gasteiger partial charge is 0.416 e. The molecule has 3 heterocycles. The third-order valence-electron chi connectivity index (χ3n) is 6.57. The van der Waals surface area contributed by atoms with Crippen LogP contribution in [0.3, 0.4) is 0 Å². The van der Waals surface area contributed by atoms with Crippen molar-refractivity contribution in [2.75, 3.05) is 26.7 Å². The van der Waals surface area contributed by atoms with E-state index in [1.165, 1.54) is 35.7 Å². The van der Waals surface area contributed by atoms with E-state index in [1.54, 1.807) is 24.4 Å². The molecule has 12 heteroatoms. The summed E-state index contributed by atoms with van der Waals surface area (Å²) in [6.07, 6.45) is 1.05. The Balaban J connectivity index is 1.27. The molecule has 2 aliphatic rings. The van der Waals surface area contributed by atoms with Gasteiger partial charge in [0.25, 0.3) is 5.91 Å². The first-order valence-electron chi connectivity index (χ1n) is 12.4. The summed E-state index contributed by atoms with van der Waals surface area (Å²) in [4.78, 5) is 30.9. The third kappa shape index (κ3) is 6.11. The van der Waals surface area contributed by atoms with Gasteiger partial charge in [-0.3, -0.25) is 19.3 Å². The molecule has 0 spiro atoms. The van der Waals surface area contributed by atoms with Crippen LogP contribution in [0.5, 0.6) is 5.75 Å². The molecule has 0 radical (unpaired) electrons. The number of halogens is 3. The van der Waals surface area contributed by atoms with Crippen LogP contribution >= 0.6 is 11.8 Å². The Labute approximate surface area is 226 Å². The summed E-state index contributed by atoms with van der Waals surface area (Å²) >= 11 is 1.25. The van der Waals surface area contributed by atoms with Gasteiger partial charge in [0.1, 0.15) is 5.75 Å². The summed E-state index contributed by atoms with van der Waals surface area (Å²) in [5.74, 6) is 0.0730. The van der Waals surface area contributed by atoms with Gasteiger partial charge >= 0.3 is 6.18 Å². The van der Waals surface area contributed by atoms with Crippen LogP contribution in [0.2, 0.25) is 0 Å². The third-order valence-corrected chi connectivity index (χ3v) is 7.52. The van der Waals surface area contributed by atoms with Gasteiger partial charge in [0.2, 0.25) is 5.91 Å². The molecule has 5 rings (SSSR count). The maximum atomic E-state index is 13.6. The largest absolute Gasteiger partial charge is 0.497 e. The van der Waals surface area contributed by atoms with Crippen molar-refractivity contribution in [2.24, 2.45) is 4.99 Å². The predicted molar refractivity (Wildman–Crippen MR) is 143 cm³/mol. The monoisotopic (exact) mass is 557 g/mol. The van der Waals surface area contributed by atoms with Gasteiger partial charge in [-0.25, -0.2) is 0 Å². The average molecular weight is 558 g/mol. The fraction of sp³-hybridized carbons (Fsp3) is 0.333. The Hall–Kier alpha value is -3.80. The first kappa shape index (κ1) is 26.8. The Bertz CT molecular complexity index is 1480. The van der Waals surface area contributed by atoms with E-state index in [1.807, 2.05) is 11.0 Å². The van der Waals surface area contributed by atoms with Gasteiger partial charge in [0.15, 0.2) is 5.17 Å². The number of amides is 2. The number of nitrogens with zero attached hydrogens (tertiary/aromatic N) is 4. The summed E-state index contributed by atoms with van der Waals surface area (Å²) in [5, 5.41) is 8.32. The summed E-state index contributed by atoms with van der Waals surface area (Å²) in [7, 11) is 1.32. The lowest BCUT2D eigenvalue weighted by atomic mass is 10.1. The maximum absolute atomic E-state index is 13.6. The molecule has 0 unspecified atom stereocenters. The molecule has 1 N–H and O–H groups in total. The maximum Gasteiger partial charge on any atom is 0.416 e. The molecule has 2 saturated heterocycles. The van der Waals surface area contributed by atoms with E-state index >= 15 is 0 Å². The number of hydrogen-bond acceptors (Lipinski definition) is 6. The minimum atomic E-state index is -4.53. The number of hydrogen-bond donors (Lipinski definition) is 1. The number of carbonyl (C=O) groups is 2. The highest BCUT2D eigenvalue weighted by molar-refractivity contribution is 8.18. The van der Waals surface area contributed by atoms with Gasteiger partial charge < -0.3 is 15.0 Å². The molecule has 8 nitrogen and oxygen atoms in total. The number of aromatic nitrogens is 2. The van der Waals surface area contributed by atoms with E-state index in [9.17, 15) is 22.8 Å². The Morgan fingerprint density at radius 3 is 2.79 bits per heavy atom. The predicted octanol–water partition coefficient (Wildman–Crippen LogP) is 4.68. The number of methoxy groups -OCH3 is 1. The summed E-state index contributed by atoms with van der Waals surface area (Å²) in [6.45, 7) is 1.91. The number of rotatable bonds is 8. The molecule has 3 aromatic rings. The molecule has 2 aromatic carbocycles. The second-order valence-corrected chi connectivity index (χ2v) is 10.3. The van der Waals surface area contributed by atoms with Crippen molar-refractivity contribution in [3.63, 3.8) is 0 Å². The zero-order valence-electron chi connectivity index (χ0n) is 21.1. The van der Waals surface area contributed by atoms with Gasteiger partial charge in [-0.1, -0.05) is 12.1 Å². The SMILES string of the molecule is COc1ccc(Cn2ncc3cc(C=C4SC(=NCCCN5CCCC5=O)NC4=O)ccc32)c(C(F)(F)F)c1. The van der Waals surface area contributed by atoms with Crippen molar-refractivity contribution in [3.05, 3.63) is 64.2 Å². The van der Waals surface area contributed by atoms with Gasteiger partial charge in [0.05, 0.1) is 35.8 Å². The number of aliphatic imine (C=N–C) groups is 1. The summed E-state index contributed by atoms with van der Waals surface area (Å²) in [5.41, 5.74) is 0.743. The molecule has 0 bridgehead atoms. The summed E-state index contributed by atoms with van der Waals surface area (Å²) in [6, 6.07) is 9.29. The number of carbonyl (C=O) groups excluding carboxylic acids is 2. The lowest BCUT2D eigenvalue weighted by molar-refractivity contribution is -0.138. The standard InChI is InChI=1S/C27H26F3N5O3S/c1-38-20-7-6-18(21(14-20)27(28,29)30)16-35-22-8-5-17(12-19(22)15-32-35)13-23-25(37)33-26(39-23)31-9-3-11-34-10-2-4-24(34)36/h5-8,12-15H,2-4,9-11,16H2,1H3,(H,31,33,37). The second-order valence-electron chi connectivity index (χ2n) is 9.23. The molecule has 0 aliphatic carbocycles. The van der Waals surface area contributed by atoms with Crippen molar-refractivity contribution in [2.45, 2.75) is 32.0 Å². The van der Waals surface area contributed by atoms with E-state index in [-0.39, 0.29) is 29.7 Å². The van der Waals surface area contributed by atoms with Gasteiger partial charge in [0, 0.05) is 31.4 Å². The van der Waals surface area contributed by atoms with Crippen LogP contribution in [0.25, 0.3) is 17.0 Å². The molecule has 0 saturated carbocycles. The van der Waals surface area contributed by atoms with Crippen LogP contribution in [0.1, 0.15) is 36.0 Å². The van der Waals surface area contributed by atoms with Crippen molar-refractivity contribution < 1.29 is 27.5 Å². The molecular formula is C27H26F3N5O3S. The molecule has 39 heavy (non-hydrogen) atoms. The number of amidine groups is 1. The zero-order chi connectivity index (χ0) is 27.6. The zero-order valence-corrected chi connectivity index (χ0v) is 21.9. The van der Waals surface area contributed by atoms with E-state index in [4.69, 9.17) is 4.74 Å². The molecule has 0 atom stereocenters. The van der Waals surface area contributed by atoms with Crippen LogP contribution in [-0.4, -0.2) is 58.4 Å². The minimum Gasteiger partial charge on any atom is -0.497 e. The fourth-order valence-corrected chi connectivity index (χ4v) is 5.45. The average Bonchev–Trinajstić information content (AvgIpc) is 3.60. The number of nitrogens with one attached hydrogen (secondary N) is 1. The highest BCUT2D eigenvalue weighted by Gasteiger charge is 2.34. The van der Waals surface area contributed by atoms with Crippen LogP contribution in [0.15, 0.2) is 52.5 Å². The van der Waals surface area contributed by atoms with Gasteiger partial charge in [-0.05, 0) is 66.1 Å². The molecule has 2 aliphatic heterocycles. The summed E-state index contributed by atoms with van der Waals surface area (Å²) < 4.78 is 47.4. The number of thioether (sulfide) groups is 1. The van der Waals surface area contributed by atoms with Crippen molar-refractivity contribution in [1.29, 1.82) is 0 Å². The van der Waals surface area contributed by atoms with Gasteiger partial charge in [-0.15, -0.1) is 0 Å². The molecule has 204 valence electrons. The van der Waals surface area contributed by atoms with Crippen molar-refractivity contribution in [1.82, 2.24) is 20.0 Å². The Morgan fingerprint density at radius 1 is 1.21 bits per heavy atom. The quantitative estimate of drug-likeness (QED) is 0.321. The highest BCUT2D eigenvalue weighted by atomic mass is 32.2. The topological polar surface area (TPSA) is 88.8 Å². The van der Waals surface area contributed by atoms with Crippen molar-refractivity contribution in [3.8, 4) is 5.75 Å². The van der Waals surface area contributed by atoms with Crippen LogP contribution in [-0.2, 0) is 22.3 Å². The number of fused-ring (bicyclic) bond motifs is 1. The van der Waals surface area contributed by atoms with Crippen LogP contribution in [0.4, 0.5) is 13.2 Å². The number of alkyl halides is 3. The van der Waals surface area contributed by atoms with E-state index < -0.39 is 11.7 Å². The lowest BCUT2D eigenvalue weighted by Gasteiger charge is -2.14. The number of likely N-dealkylation sites (tertiary alicyclic amines) is 1. The van der Waals surface area contributed by atoms with Crippen molar-refractivity contribution >= 4 is 45.7 Å². The van der Waals surface area contributed by atoms with Crippen LogP contribution in [0, 0.1) is 0 Å². The molecule has 1 aromatic heterocycles. The fourth-order valence-electron chi connectivity index (χ4n) is 4.60. The molecule has 2 amide bonds. The van der Waals surface area contributed by atoms with E-state index in [0.717, 1.165) is 36.4 Å².